The van der Waals surface area contributed by atoms with Crippen LogP contribution in [-0.4, -0.2) is 6.36 Å². The summed E-state index contributed by atoms with van der Waals surface area (Å²) in [5.74, 6) is 5.20. The van der Waals surface area contributed by atoms with Crippen LogP contribution in [0, 0.1) is 0 Å². The van der Waals surface area contributed by atoms with Gasteiger partial charge in [0.15, 0.2) is 0 Å². The molecule has 0 spiro atoms. The third kappa shape index (κ3) is 4.93. The van der Waals surface area contributed by atoms with Crippen molar-refractivity contribution >= 4 is 0 Å². The molecule has 1 atom stereocenters. The quantitative estimate of drug-likeness (QED) is 0.611. The Labute approximate surface area is 104 Å². The number of nitrogens with two attached hydrogens (primary N) is 1. The highest BCUT2D eigenvalue weighted by atomic mass is 19.4. The maximum absolute atomic E-state index is 12.0. The molecule has 0 saturated carbocycles. The molecule has 0 aliphatic heterocycles. The molecule has 1 aromatic rings. The molecule has 3 N–H and O–H groups in total. The zero-order valence-electron chi connectivity index (χ0n) is 10.1. The van der Waals surface area contributed by atoms with Gasteiger partial charge in [0.2, 0.25) is 0 Å². The molecule has 0 aromatic heterocycles. The van der Waals surface area contributed by atoms with Gasteiger partial charge in [-0.2, -0.15) is 0 Å². The molecule has 0 saturated heterocycles. The Kier molecular flexibility index (Phi) is 5.43. The van der Waals surface area contributed by atoms with Crippen molar-refractivity contribution in [2.24, 2.45) is 5.84 Å². The van der Waals surface area contributed by atoms with Crippen LogP contribution in [0.4, 0.5) is 13.2 Å². The summed E-state index contributed by atoms with van der Waals surface area (Å²) in [6.07, 6.45) is -1.79. The van der Waals surface area contributed by atoms with Crippen molar-refractivity contribution in [1.82, 2.24) is 5.43 Å². The average Bonchev–Trinajstić information content (AvgIpc) is 2.30. The summed E-state index contributed by atoms with van der Waals surface area (Å²) in [6.45, 7) is 2.06. The lowest BCUT2D eigenvalue weighted by Crippen LogP contribution is -2.28. The molecule has 18 heavy (non-hydrogen) atoms. The van der Waals surface area contributed by atoms with E-state index in [9.17, 15) is 13.2 Å². The third-order valence-electron chi connectivity index (χ3n) is 2.56. The van der Waals surface area contributed by atoms with E-state index in [4.69, 9.17) is 5.84 Å². The van der Waals surface area contributed by atoms with E-state index < -0.39 is 6.36 Å². The lowest BCUT2D eigenvalue weighted by molar-refractivity contribution is -0.274. The van der Waals surface area contributed by atoms with Gasteiger partial charge in [0, 0.05) is 6.04 Å². The average molecular weight is 262 g/mol. The van der Waals surface area contributed by atoms with Gasteiger partial charge in [0.1, 0.15) is 5.75 Å². The maximum Gasteiger partial charge on any atom is 0.573 e. The van der Waals surface area contributed by atoms with Crippen molar-refractivity contribution in [1.29, 1.82) is 0 Å². The Morgan fingerprint density at radius 2 is 1.89 bits per heavy atom. The molecule has 102 valence electrons. The minimum Gasteiger partial charge on any atom is -0.406 e. The summed E-state index contributed by atoms with van der Waals surface area (Å²) in [5, 5.41) is 0. The molecule has 0 aliphatic carbocycles. The van der Waals surface area contributed by atoms with Crippen LogP contribution < -0.4 is 16.0 Å². The van der Waals surface area contributed by atoms with E-state index in [1.54, 1.807) is 12.1 Å². The standard InChI is InChI=1S/C12H17F3N2O/c1-2-3-4-11(17-16)9-5-7-10(8-6-9)18-12(13,14)15/h5-8,11,17H,2-4,16H2,1H3. The van der Waals surface area contributed by atoms with Crippen molar-refractivity contribution in [3.63, 3.8) is 0 Å². The second kappa shape index (κ2) is 6.61. The number of halogens is 3. The van der Waals surface area contributed by atoms with Gasteiger partial charge < -0.3 is 4.74 Å². The van der Waals surface area contributed by atoms with Crippen LogP contribution in [0.3, 0.4) is 0 Å². The van der Waals surface area contributed by atoms with E-state index in [1.807, 2.05) is 0 Å². The lowest BCUT2D eigenvalue weighted by atomic mass is 10.0. The monoisotopic (exact) mass is 262 g/mol. The van der Waals surface area contributed by atoms with Crippen molar-refractivity contribution in [2.45, 2.75) is 38.6 Å². The first-order chi connectivity index (χ1) is 8.46. The molecule has 1 unspecified atom stereocenters. The lowest BCUT2D eigenvalue weighted by Gasteiger charge is -2.16. The van der Waals surface area contributed by atoms with Crippen LogP contribution >= 0.6 is 0 Å². The number of hydrazine groups is 1. The number of nitrogens with one attached hydrogen (secondary N) is 1. The van der Waals surface area contributed by atoms with Crippen LogP contribution in [0.5, 0.6) is 5.75 Å². The molecule has 0 fully saturated rings. The predicted molar refractivity (Wildman–Crippen MR) is 62.7 cm³/mol. The first-order valence-corrected chi connectivity index (χ1v) is 5.78. The minimum absolute atomic E-state index is 0.0510. The predicted octanol–water partition coefficient (Wildman–Crippen LogP) is 3.28. The van der Waals surface area contributed by atoms with Crippen molar-refractivity contribution < 1.29 is 17.9 Å². The van der Waals surface area contributed by atoms with E-state index in [0.717, 1.165) is 24.8 Å². The Hall–Kier alpha value is -1.27. The molecule has 0 bridgehead atoms. The molecule has 0 heterocycles. The first-order valence-electron chi connectivity index (χ1n) is 5.78. The van der Waals surface area contributed by atoms with Gasteiger partial charge in [-0.05, 0) is 24.1 Å². The second-order valence-corrected chi connectivity index (χ2v) is 3.98. The molecule has 0 radical (unpaired) electrons. The van der Waals surface area contributed by atoms with E-state index in [1.165, 1.54) is 12.1 Å². The zero-order valence-corrected chi connectivity index (χ0v) is 10.1. The summed E-state index contributed by atoms with van der Waals surface area (Å²) < 4.78 is 39.7. The number of unbranched alkanes of at least 4 members (excludes halogenated alkanes) is 1. The highest BCUT2D eigenvalue weighted by Gasteiger charge is 2.31. The van der Waals surface area contributed by atoms with E-state index in [2.05, 4.69) is 17.1 Å². The van der Waals surface area contributed by atoms with Gasteiger partial charge in [0.05, 0.1) is 0 Å². The fourth-order valence-corrected chi connectivity index (χ4v) is 1.66. The number of ether oxygens (including phenoxy) is 1. The second-order valence-electron chi connectivity index (χ2n) is 3.98. The van der Waals surface area contributed by atoms with Crippen molar-refractivity contribution in [2.75, 3.05) is 0 Å². The Balaban J connectivity index is 2.68. The van der Waals surface area contributed by atoms with Gasteiger partial charge in [-0.25, -0.2) is 0 Å². The third-order valence-corrected chi connectivity index (χ3v) is 2.56. The molecule has 3 nitrogen and oxygen atoms in total. The summed E-state index contributed by atoms with van der Waals surface area (Å²) in [7, 11) is 0. The molecule has 6 heteroatoms. The minimum atomic E-state index is -4.66. The topological polar surface area (TPSA) is 47.3 Å². The van der Waals surface area contributed by atoms with Crippen molar-refractivity contribution in [3.8, 4) is 5.75 Å². The Bertz CT molecular complexity index is 351. The molecular weight excluding hydrogens is 245 g/mol. The highest BCUT2D eigenvalue weighted by Crippen LogP contribution is 2.25. The molecular formula is C12H17F3N2O. The van der Waals surface area contributed by atoms with Gasteiger partial charge in [-0.3, -0.25) is 11.3 Å². The van der Waals surface area contributed by atoms with E-state index in [-0.39, 0.29) is 11.8 Å². The number of alkyl halides is 3. The van der Waals surface area contributed by atoms with Gasteiger partial charge >= 0.3 is 6.36 Å². The number of rotatable bonds is 6. The highest BCUT2D eigenvalue weighted by molar-refractivity contribution is 5.29. The Morgan fingerprint density at radius 1 is 1.28 bits per heavy atom. The van der Waals surface area contributed by atoms with Crippen LogP contribution in [0.25, 0.3) is 0 Å². The molecule has 0 amide bonds. The van der Waals surface area contributed by atoms with Gasteiger partial charge in [-0.1, -0.05) is 31.9 Å². The normalized spacial score (nSPS) is 13.4. The van der Waals surface area contributed by atoms with Gasteiger partial charge in [0.25, 0.3) is 0 Å². The van der Waals surface area contributed by atoms with Crippen LogP contribution in [0.1, 0.15) is 37.8 Å². The maximum atomic E-state index is 12.0. The summed E-state index contributed by atoms with van der Waals surface area (Å²) in [6, 6.07) is 5.70. The van der Waals surface area contributed by atoms with E-state index in [0.29, 0.717) is 0 Å². The molecule has 1 rings (SSSR count). The fourth-order valence-electron chi connectivity index (χ4n) is 1.66. The van der Waals surface area contributed by atoms with Crippen LogP contribution in [-0.2, 0) is 0 Å². The first kappa shape index (κ1) is 14.8. The Morgan fingerprint density at radius 3 is 2.33 bits per heavy atom. The summed E-state index contributed by atoms with van der Waals surface area (Å²) >= 11 is 0. The smallest absolute Gasteiger partial charge is 0.406 e. The zero-order chi connectivity index (χ0) is 13.6. The van der Waals surface area contributed by atoms with Crippen LogP contribution in [0.2, 0.25) is 0 Å². The van der Waals surface area contributed by atoms with Gasteiger partial charge in [-0.15, -0.1) is 13.2 Å². The summed E-state index contributed by atoms with van der Waals surface area (Å²) in [5.41, 5.74) is 3.51. The SMILES string of the molecule is CCCCC(NN)c1ccc(OC(F)(F)F)cc1. The number of hydrogen-bond acceptors (Lipinski definition) is 3. The van der Waals surface area contributed by atoms with E-state index >= 15 is 0 Å². The number of hydrogen-bond donors (Lipinski definition) is 2. The largest absolute Gasteiger partial charge is 0.573 e. The molecule has 0 aliphatic rings. The number of benzene rings is 1. The fraction of sp³-hybridized carbons (Fsp3) is 0.500. The molecule has 1 aromatic carbocycles. The van der Waals surface area contributed by atoms with Crippen molar-refractivity contribution in [3.05, 3.63) is 29.8 Å². The summed E-state index contributed by atoms with van der Waals surface area (Å²) in [4.78, 5) is 0. The van der Waals surface area contributed by atoms with Crippen LogP contribution in [0.15, 0.2) is 24.3 Å².